The Morgan fingerprint density at radius 2 is 1.47 bits per heavy atom. The fraction of sp³-hybridized carbons (Fsp3) is 0.0800. The predicted octanol–water partition coefficient (Wildman–Crippen LogP) is 5.76. The van der Waals surface area contributed by atoms with Crippen LogP contribution in [0.1, 0.15) is 6.92 Å². The van der Waals surface area contributed by atoms with Crippen molar-refractivity contribution in [1.29, 1.82) is 0 Å². The summed E-state index contributed by atoms with van der Waals surface area (Å²) in [5, 5.41) is 4.75. The molecule has 4 aromatic rings. The molecule has 0 heterocycles. The number of thioether (sulfide) groups is 1. The topological polar surface area (TPSA) is 75.3 Å². The third-order valence-electron chi connectivity index (χ3n) is 4.89. The lowest BCUT2D eigenvalue weighted by Crippen LogP contribution is -2.22. The average Bonchev–Trinajstić information content (AvgIpc) is 2.81. The van der Waals surface area contributed by atoms with E-state index in [2.05, 4.69) is 10.0 Å². The molecule has 0 bridgehead atoms. The lowest BCUT2D eigenvalue weighted by atomic mass is 10.1. The maximum absolute atomic E-state index is 12.7. The van der Waals surface area contributed by atoms with E-state index in [1.54, 1.807) is 54.6 Å². The number of rotatable bonds is 7. The highest BCUT2D eigenvalue weighted by Crippen LogP contribution is 2.28. The van der Waals surface area contributed by atoms with Crippen molar-refractivity contribution in [2.75, 3.05) is 10.0 Å². The van der Waals surface area contributed by atoms with E-state index < -0.39 is 10.0 Å². The van der Waals surface area contributed by atoms with E-state index in [4.69, 9.17) is 0 Å². The third-order valence-corrected chi connectivity index (χ3v) is 7.40. The van der Waals surface area contributed by atoms with Crippen LogP contribution in [0.5, 0.6) is 0 Å². The van der Waals surface area contributed by atoms with E-state index >= 15 is 0 Å². The number of amides is 1. The van der Waals surface area contributed by atoms with Crippen LogP contribution in [0.15, 0.2) is 107 Å². The fourth-order valence-corrected chi connectivity index (χ4v) is 5.19. The van der Waals surface area contributed by atoms with Crippen LogP contribution in [0.3, 0.4) is 0 Å². The van der Waals surface area contributed by atoms with Crippen molar-refractivity contribution >= 4 is 49.8 Å². The van der Waals surface area contributed by atoms with Crippen LogP contribution < -0.4 is 10.0 Å². The van der Waals surface area contributed by atoms with E-state index in [1.165, 1.54) is 11.8 Å². The van der Waals surface area contributed by atoms with Crippen LogP contribution in [-0.2, 0) is 14.8 Å². The number of carbonyl (C=O) groups is 1. The highest BCUT2D eigenvalue weighted by atomic mass is 32.2. The van der Waals surface area contributed by atoms with Gasteiger partial charge in [-0.1, -0.05) is 54.6 Å². The largest absolute Gasteiger partial charge is 0.325 e. The summed E-state index contributed by atoms with van der Waals surface area (Å²) in [4.78, 5) is 13.8. The van der Waals surface area contributed by atoms with Gasteiger partial charge in [0.2, 0.25) is 5.91 Å². The molecule has 162 valence electrons. The lowest BCUT2D eigenvalue weighted by molar-refractivity contribution is -0.115. The minimum atomic E-state index is -3.64. The van der Waals surface area contributed by atoms with Gasteiger partial charge in [-0.05, 0) is 54.8 Å². The molecule has 0 aromatic heterocycles. The zero-order chi connectivity index (χ0) is 22.6. The van der Waals surface area contributed by atoms with Crippen LogP contribution in [0, 0.1) is 0 Å². The van der Waals surface area contributed by atoms with Crippen molar-refractivity contribution in [3.63, 3.8) is 0 Å². The average molecular weight is 463 g/mol. The van der Waals surface area contributed by atoms with Crippen molar-refractivity contribution in [3.05, 3.63) is 97.1 Å². The van der Waals surface area contributed by atoms with Crippen LogP contribution in [0.4, 0.5) is 11.4 Å². The lowest BCUT2D eigenvalue weighted by Gasteiger charge is -2.14. The molecule has 7 heteroatoms. The second-order valence-corrected chi connectivity index (χ2v) is 10.3. The summed E-state index contributed by atoms with van der Waals surface area (Å²) in [6.45, 7) is 1.84. The highest BCUT2D eigenvalue weighted by Gasteiger charge is 2.17. The minimum Gasteiger partial charge on any atom is -0.325 e. The molecule has 1 atom stereocenters. The molecule has 1 amide bonds. The molecule has 0 aliphatic rings. The van der Waals surface area contributed by atoms with Crippen LogP contribution >= 0.6 is 11.8 Å². The Bertz CT molecular complexity index is 1330. The Morgan fingerprint density at radius 3 is 2.22 bits per heavy atom. The van der Waals surface area contributed by atoms with Gasteiger partial charge in [0.1, 0.15) is 0 Å². The maximum Gasteiger partial charge on any atom is 0.261 e. The van der Waals surface area contributed by atoms with Crippen molar-refractivity contribution < 1.29 is 13.2 Å². The van der Waals surface area contributed by atoms with Crippen molar-refractivity contribution in [2.45, 2.75) is 22.0 Å². The first-order chi connectivity index (χ1) is 15.4. The number of benzene rings is 4. The van der Waals surface area contributed by atoms with Crippen LogP contribution in [0.25, 0.3) is 10.8 Å². The summed E-state index contributed by atoms with van der Waals surface area (Å²) in [6, 6.07) is 28.9. The van der Waals surface area contributed by atoms with Gasteiger partial charge >= 0.3 is 0 Å². The number of anilines is 2. The van der Waals surface area contributed by atoms with E-state index in [0.717, 1.165) is 21.4 Å². The summed E-state index contributed by atoms with van der Waals surface area (Å²) in [5.74, 6) is -0.0970. The fourth-order valence-electron chi connectivity index (χ4n) is 3.24. The monoisotopic (exact) mass is 462 g/mol. The number of sulfonamides is 1. The summed E-state index contributed by atoms with van der Waals surface area (Å²) >= 11 is 1.41. The molecule has 0 spiro atoms. The first-order valence-electron chi connectivity index (χ1n) is 10.1. The van der Waals surface area contributed by atoms with Crippen molar-refractivity contribution in [2.24, 2.45) is 0 Å². The Balaban J connectivity index is 1.40. The summed E-state index contributed by atoms with van der Waals surface area (Å²) in [7, 11) is -3.64. The van der Waals surface area contributed by atoms with Gasteiger partial charge in [-0.25, -0.2) is 8.42 Å². The SMILES string of the molecule is CC(Sc1ccc(NS(=O)(=O)c2ccccc2)cc1)C(=O)Nc1cccc2ccccc12. The van der Waals surface area contributed by atoms with Gasteiger partial charge in [0.05, 0.1) is 10.1 Å². The Morgan fingerprint density at radius 1 is 0.812 bits per heavy atom. The molecule has 4 rings (SSSR count). The quantitative estimate of drug-likeness (QED) is 0.343. The van der Waals surface area contributed by atoms with Gasteiger partial charge in [-0.15, -0.1) is 11.8 Å². The third kappa shape index (κ3) is 5.12. The molecule has 0 radical (unpaired) electrons. The molecule has 0 aliphatic heterocycles. The van der Waals surface area contributed by atoms with E-state index in [9.17, 15) is 13.2 Å². The molecular formula is C25H22N2O3S2. The first-order valence-corrected chi connectivity index (χ1v) is 12.4. The molecule has 0 fully saturated rings. The Labute approximate surface area is 191 Å². The number of hydrogen-bond donors (Lipinski definition) is 2. The first kappa shape index (κ1) is 21.9. The standard InChI is InChI=1S/C25H22N2O3S2/c1-18(25(28)26-24-13-7-9-19-8-5-6-12-23(19)24)31-21-16-14-20(15-17-21)27-32(29,30)22-10-3-2-4-11-22/h2-18,27H,1H3,(H,26,28). The smallest absolute Gasteiger partial charge is 0.261 e. The summed E-state index contributed by atoms with van der Waals surface area (Å²) < 4.78 is 27.5. The molecule has 0 saturated carbocycles. The van der Waals surface area contributed by atoms with E-state index in [-0.39, 0.29) is 16.1 Å². The second-order valence-electron chi connectivity index (χ2n) is 7.22. The molecule has 0 aliphatic carbocycles. The number of fused-ring (bicyclic) bond motifs is 1. The maximum atomic E-state index is 12.7. The Kier molecular flexibility index (Phi) is 6.48. The van der Waals surface area contributed by atoms with Gasteiger partial charge in [0.15, 0.2) is 0 Å². The normalized spacial score (nSPS) is 12.3. The summed E-state index contributed by atoms with van der Waals surface area (Å²) in [6.07, 6.45) is 0. The molecular weight excluding hydrogens is 440 g/mol. The highest BCUT2D eigenvalue weighted by molar-refractivity contribution is 8.00. The van der Waals surface area contributed by atoms with Gasteiger partial charge in [-0.2, -0.15) is 0 Å². The van der Waals surface area contributed by atoms with E-state index in [1.807, 2.05) is 49.4 Å². The zero-order valence-corrected chi connectivity index (χ0v) is 19.0. The van der Waals surface area contributed by atoms with Crippen molar-refractivity contribution in [3.8, 4) is 0 Å². The molecule has 5 nitrogen and oxygen atoms in total. The molecule has 32 heavy (non-hydrogen) atoms. The molecule has 1 unspecified atom stereocenters. The Hall–Kier alpha value is -3.29. The van der Waals surface area contributed by atoms with Crippen LogP contribution in [0.2, 0.25) is 0 Å². The van der Waals surface area contributed by atoms with Gasteiger partial charge in [0, 0.05) is 21.7 Å². The van der Waals surface area contributed by atoms with Crippen molar-refractivity contribution in [1.82, 2.24) is 0 Å². The number of nitrogens with one attached hydrogen (secondary N) is 2. The summed E-state index contributed by atoms with van der Waals surface area (Å²) in [5.41, 5.74) is 1.25. The van der Waals surface area contributed by atoms with Gasteiger partial charge in [0.25, 0.3) is 10.0 Å². The predicted molar refractivity (Wildman–Crippen MR) is 132 cm³/mol. The van der Waals surface area contributed by atoms with E-state index in [0.29, 0.717) is 5.69 Å². The molecule has 2 N–H and O–H groups in total. The van der Waals surface area contributed by atoms with Gasteiger partial charge < -0.3 is 5.32 Å². The van der Waals surface area contributed by atoms with Crippen LogP contribution in [-0.4, -0.2) is 19.6 Å². The molecule has 0 saturated heterocycles. The number of hydrogen-bond acceptors (Lipinski definition) is 4. The second kappa shape index (κ2) is 9.46. The zero-order valence-electron chi connectivity index (χ0n) is 17.4. The van der Waals surface area contributed by atoms with Gasteiger partial charge in [-0.3, -0.25) is 9.52 Å². The number of carbonyl (C=O) groups excluding carboxylic acids is 1. The molecule has 4 aromatic carbocycles. The minimum absolute atomic E-state index is 0.0970.